The number of anilines is 1. The van der Waals surface area contributed by atoms with E-state index in [2.05, 4.69) is 5.32 Å². The van der Waals surface area contributed by atoms with E-state index in [-0.39, 0.29) is 18.6 Å². The maximum absolute atomic E-state index is 12.6. The van der Waals surface area contributed by atoms with Gasteiger partial charge >= 0.3 is 0 Å². The molecule has 6 heteroatoms. The average Bonchev–Trinajstić information content (AvgIpc) is 2.96. The van der Waals surface area contributed by atoms with Crippen LogP contribution in [0.15, 0.2) is 18.2 Å². The van der Waals surface area contributed by atoms with E-state index < -0.39 is 5.41 Å². The molecule has 0 atom stereocenters. The second-order valence-corrected chi connectivity index (χ2v) is 6.10. The van der Waals surface area contributed by atoms with E-state index in [0.29, 0.717) is 30.0 Å². The van der Waals surface area contributed by atoms with Crippen molar-refractivity contribution in [2.45, 2.75) is 25.7 Å². The highest BCUT2D eigenvalue weighted by Gasteiger charge is 2.58. The number of carbonyl (C=O) groups excluding carboxylic acids is 2. The van der Waals surface area contributed by atoms with E-state index in [1.54, 1.807) is 18.2 Å². The van der Waals surface area contributed by atoms with E-state index in [1.807, 2.05) is 4.90 Å². The number of amides is 2. The van der Waals surface area contributed by atoms with Crippen LogP contribution in [0.3, 0.4) is 0 Å². The second-order valence-electron chi connectivity index (χ2n) is 6.10. The first kappa shape index (κ1) is 13.4. The molecule has 2 heterocycles. The maximum Gasteiger partial charge on any atom is 0.240 e. The van der Waals surface area contributed by atoms with E-state index in [1.165, 1.54) is 0 Å². The Labute approximate surface area is 128 Å². The molecule has 0 aromatic heterocycles. The summed E-state index contributed by atoms with van der Waals surface area (Å²) in [5.41, 5.74) is -0.212. The van der Waals surface area contributed by atoms with Crippen molar-refractivity contribution < 1.29 is 19.1 Å². The fourth-order valence-electron chi connectivity index (χ4n) is 3.11. The monoisotopic (exact) mass is 302 g/mol. The molecule has 1 N–H and O–H groups in total. The molecule has 1 saturated heterocycles. The summed E-state index contributed by atoms with van der Waals surface area (Å²) in [6, 6.07) is 5.26. The molecule has 22 heavy (non-hydrogen) atoms. The van der Waals surface area contributed by atoms with Gasteiger partial charge in [-0.05, 0) is 37.8 Å². The van der Waals surface area contributed by atoms with E-state index in [4.69, 9.17) is 9.47 Å². The van der Waals surface area contributed by atoms with Crippen molar-refractivity contribution in [3.8, 4) is 11.5 Å². The summed E-state index contributed by atoms with van der Waals surface area (Å²) in [5.74, 6) is 1.08. The Hall–Kier alpha value is -2.24. The van der Waals surface area contributed by atoms with Crippen molar-refractivity contribution in [2.75, 3.05) is 25.2 Å². The third-order valence-corrected chi connectivity index (χ3v) is 4.62. The standard InChI is InChI=1S/C16H18N2O4/c19-14(16(5-6-16)15(20)18-7-1-2-8-18)17-11-3-4-12-13(9-11)22-10-21-12/h3-4,9H,1-2,5-8,10H2,(H,17,19). The molecular weight excluding hydrogens is 284 g/mol. The van der Waals surface area contributed by atoms with Crippen LogP contribution >= 0.6 is 0 Å². The van der Waals surface area contributed by atoms with E-state index in [0.717, 1.165) is 25.9 Å². The molecule has 0 bridgehead atoms. The number of hydrogen-bond donors (Lipinski definition) is 1. The molecule has 6 nitrogen and oxygen atoms in total. The third-order valence-electron chi connectivity index (χ3n) is 4.62. The molecule has 1 saturated carbocycles. The van der Waals surface area contributed by atoms with Gasteiger partial charge in [-0.2, -0.15) is 0 Å². The van der Waals surface area contributed by atoms with Gasteiger partial charge in [-0.1, -0.05) is 0 Å². The topological polar surface area (TPSA) is 67.9 Å². The molecule has 0 spiro atoms. The van der Waals surface area contributed by atoms with Crippen LogP contribution in [0.1, 0.15) is 25.7 Å². The molecule has 1 aromatic carbocycles. The van der Waals surface area contributed by atoms with Gasteiger partial charge in [-0.15, -0.1) is 0 Å². The Balaban J connectivity index is 1.48. The minimum absolute atomic E-state index is 0.0109. The molecule has 2 amide bonds. The second kappa shape index (κ2) is 4.90. The Kier molecular flexibility index (Phi) is 2.99. The van der Waals surface area contributed by atoms with Crippen LogP contribution in [0.25, 0.3) is 0 Å². The lowest BCUT2D eigenvalue weighted by molar-refractivity contribution is -0.141. The van der Waals surface area contributed by atoms with Crippen molar-refractivity contribution in [2.24, 2.45) is 5.41 Å². The molecule has 4 rings (SSSR count). The zero-order valence-electron chi connectivity index (χ0n) is 12.3. The van der Waals surface area contributed by atoms with Gasteiger partial charge in [0.1, 0.15) is 5.41 Å². The van der Waals surface area contributed by atoms with Crippen LogP contribution in [0.2, 0.25) is 0 Å². The first-order chi connectivity index (χ1) is 10.7. The predicted octanol–water partition coefficient (Wildman–Crippen LogP) is 1.76. The van der Waals surface area contributed by atoms with E-state index in [9.17, 15) is 9.59 Å². The van der Waals surface area contributed by atoms with Crippen LogP contribution in [0, 0.1) is 5.41 Å². The third kappa shape index (κ3) is 2.10. The lowest BCUT2D eigenvalue weighted by atomic mass is 10.0. The lowest BCUT2D eigenvalue weighted by Crippen LogP contribution is -2.41. The van der Waals surface area contributed by atoms with Gasteiger partial charge in [0.05, 0.1) is 0 Å². The zero-order valence-corrected chi connectivity index (χ0v) is 12.3. The zero-order chi connectivity index (χ0) is 15.2. The fourth-order valence-corrected chi connectivity index (χ4v) is 3.11. The highest BCUT2D eigenvalue weighted by molar-refractivity contribution is 6.13. The lowest BCUT2D eigenvalue weighted by Gasteiger charge is -2.22. The molecule has 1 aliphatic carbocycles. The Morgan fingerprint density at radius 1 is 1.09 bits per heavy atom. The van der Waals surface area contributed by atoms with Gasteiger partial charge in [-0.25, -0.2) is 0 Å². The average molecular weight is 302 g/mol. The number of nitrogens with zero attached hydrogens (tertiary/aromatic N) is 1. The molecule has 2 fully saturated rings. The van der Waals surface area contributed by atoms with Gasteiger partial charge in [0.2, 0.25) is 18.6 Å². The van der Waals surface area contributed by atoms with E-state index >= 15 is 0 Å². The Morgan fingerprint density at radius 2 is 1.82 bits per heavy atom. The molecule has 0 unspecified atom stereocenters. The molecule has 0 radical (unpaired) electrons. The predicted molar refractivity (Wildman–Crippen MR) is 78.7 cm³/mol. The quantitative estimate of drug-likeness (QED) is 0.864. The normalized spacial score (nSPS) is 20.8. The highest BCUT2D eigenvalue weighted by Crippen LogP contribution is 2.49. The highest BCUT2D eigenvalue weighted by atomic mass is 16.7. The Morgan fingerprint density at radius 3 is 2.55 bits per heavy atom. The van der Waals surface area contributed by atoms with Crippen LogP contribution in [0.4, 0.5) is 5.69 Å². The number of nitrogens with one attached hydrogen (secondary N) is 1. The van der Waals surface area contributed by atoms with Crippen LogP contribution < -0.4 is 14.8 Å². The van der Waals surface area contributed by atoms with Crippen molar-refractivity contribution in [3.05, 3.63) is 18.2 Å². The minimum Gasteiger partial charge on any atom is -0.454 e. The minimum atomic E-state index is -0.847. The summed E-state index contributed by atoms with van der Waals surface area (Å²) in [7, 11) is 0. The van der Waals surface area contributed by atoms with Gasteiger partial charge in [-0.3, -0.25) is 9.59 Å². The number of benzene rings is 1. The summed E-state index contributed by atoms with van der Waals surface area (Å²) < 4.78 is 10.6. The summed E-state index contributed by atoms with van der Waals surface area (Å²) in [5, 5.41) is 2.86. The fraction of sp³-hybridized carbons (Fsp3) is 0.500. The Bertz CT molecular complexity index is 633. The largest absolute Gasteiger partial charge is 0.454 e. The number of carbonyl (C=O) groups is 2. The molecular formula is C16H18N2O4. The van der Waals surface area contributed by atoms with Crippen molar-refractivity contribution in [1.82, 2.24) is 4.90 Å². The molecule has 116 valence electrons. The number of fused-ring (bicyclic) bond motifs is 1. The number of hydrogen-bond acceptors (Lipinski definition) is 4. The van der Waals surface area contributed by atoms with Crippen molar-refractivity contribution >= 4 is 17.5 Å². The number of likely N-dealkylation sites (tertiary alicyclic amines) is 1. The molecule has 1 aromatic rings. The summed E-state index contributed by atoms with van der Waals surface area (Å²) >= 11 is 0. The summed E-state index contributed by atoms with van der Waals surface area (Å²) in [4.78, 5) is 27.0. The van der Waals surface area contributed by atoms with Gasteiger partial charge in [0.25, 0.3) is 0 Å². The van der Waals surface area contributed by atoms with Gasteiger partial charge in [0.15, 0.2) is 11.5 Å². The van der Waals surface area contributed by atoms with Crippen LogP contribution in [-0.4, -0.2) is 36.6 Å². The van der Waals surface area contributed by atoms with Gasteiger partial charge < -0.3 is 19.7 Å². The maximum atomic E-state index is 12.6. The van der Waals surface area contributed by atoms with Crippen LogP contribution in [0.5, 0.6) is 11.5 Å². The molecule has 3 aliphatic rings. The van der Waals surface area contributed by atoms with Crippen LogP contribution in [-0.2, 0) is 9.59 Å². The van der Waals surface area contributed by atoms with Crippen molar-refractivity contribution in [1.29, 1.82) is 0 Å². The molecule has 2 aliphatic heterocycles. The SMILES string of the molecule is O=C(Nc1ccc2c(c1)OCO2)C1(C(=O)N2CCCC2)CC1. The van der Waals surface area contributed by atoms with Crippen molar-refractivity contribution in [3.63, 3.8) is 0 Å². The van der Waals surface area contributed by atoms with Gasteiger partial charge in [0, 0.05) is 24.8 Å². The first-order valence-electron chi connectivity index (χ1n) is 7.70. The first-order valence-corrected chi connectivity index (χ1v) is 7.70. The number of ether oxygens (including phenoxy) is 2. The summed E-state index contributed by atoms with van der Waals surface area (Å²) in [6.07, 6.45) is 3.34. The smallest absolute Gasteiger partial charge is 0.240 e. The summed E-state index contributed by atoms with van der Waals surface area (Å²) in [6.45, 7) is 1.75. The number of rotatable bonds is 3.